The van der Waals surface area contributed by atoms with E-state index in [9.17, 15) is 14.9 Å². The maximum absolute atomic E-state index is 13.2. The highest BCUT2D eigenvalue weighted by Crippen LogP contribution is 2.32. The highest BCUT2D eigenvalue weighted by molar-refractivity contribution is 7.18. The first-order valence-corrected chi connectivity index (χ1v) is 11.3. The molecule has 0 bridgehead atoms. The number of amides is 1. The Hall–Kier alpha value is -3.41. The first-order chi connectivity index (χ1) is 15.5. The number of hydrogen-bond acceptors (Lipinski definition) is 7. The molecule has 1 aromatic heterocycles. The summed E-state index contributed by atoms with van der Waals surface area (Å²) >= 11 is 1.10. The molecule has 0 atom stereocenters. The predicted molar refractivity (Wildman–Crippen MR) is 125 cm³/mol. The Labute approximate surface area is 190 Å². The van der Waals surface area contributed by atoms with Gasteiger partial charge in [0.2, 0.25) is 0 Å². The van der Waals surface area contributed by atoms with Crippen molar-refractivity contribution < 1.29 is 14.3 Å². The number of rotatable bonds is 5. The normalized spacial score (nSPS) is 14.3. The zero-order valence-corrected chi connectivity index (χ0v) is 18.7. The second-order valence-electron chi connectivity index (χ2n) is 7.58. The lowest BCUT2D eigenvalue weighted by Gasteiger charge is -2.35. The number of nitrogens with zero attached hydrogens (tertiary/aromatic N) is 3. The number of carbonyl (C=O) groups is 2. The van der Waals surface area contributed by atoms with Crippen molar-refractivity contribution in [3.63, 3.8) is 0 Å². The Morgan fingerprint density at radius 1 is 1.12 bits per heavy atom. The van der Waals surface area contributed by atoms with Gasteiger partial charge in [0, 0.05) is 43.9 Å². The van der Waals surface area contributed by atoms with E-state index in [-0.39, 0.29) is 12.5 Å². The minimum atomic E-state index is -0.453. The Kier molecular flexibility index (Phi) is 6.40. The number of nitrogens with two attached hydrogens (primary N) is 1. The zero-order chi connectivity index (χ0) is 22.7. The summed E-state index contributed by atoms with van der Waals surface area (Å²) in [6, 6.07) is 15.8. The van der Waals surface area contributed by atoms with Crippen molar-refractivity contribution in [1.29, 1.82) is 5.26 Å². The van der Waals surface area contributed by atoms with Crippen LogP contribution >= 0.6 is 11.3 Å². The highest BCUT2D eigenvalue weighted by Gasteiger charge is 2.27. The summed E-state index contributed by atoms with van der Waals surface area (Å²) in [6.07, 6.45) is 0. The summed E-state index contributed by atoms with van der Waals surface area (Å²) < 4.78 is 5.14. The number of nitriles is 1. The predicted octanol–water partition coefficient (Wildman–Crippen LogP) is 3.49. The Morgan fingerprint density at radius 3 is 2.56 bits per heavy atom. The van der Waals surface area contributed by atoms with E-state index >= 15 is 0 Å². The molecule has 32 heavy (non-hydrogen) atoms. The van der Waals surface area contributed by atoms with Crippen molar-refractivity contribution in [2.75, 3.05) is 38.5 Å². The second kappa shape index (κ2) is 9.39. The van der Waals surface area contributed by atoms with Crippen LogP contribution in [0, 0.1) is 11.3 Å². The monoisotopic (exact) mass is 448 g/mol. The first kappa shape index (κ1) is 21.8. The van der Waals surface area contributed by atoms with E-state index in [4.69, 9.17) is 10.5 Å². The van der Waals surface area contributed by atoms with Gasteiger partial charge in [-0.3, -0.25) is 9.69 Å². The van der Waals surface area contributed by atoms with E-state index in [1.165, 1.54) is 0 Å². The van der Waals surface area contributed by atoms with Gasteiger partial charge < -0.3 is 15.4 Å². The average Bonchev–Trinajstić information content (AvgIpc) is 3.13. The lowest BCUT2D eigenvalue weighted by atomic mass is 10.0. The van der Waals surface area contributed by atoms with Crippen LogP contribution in [0.15, 0.2) is 42.5 Å². The fourth-order valence-electron chi connectivity index (χ4n) is 4.03. The molecule has 2 N–H and O–H groups in total. The minimum Gasteiger partial charge on any atom is -0.462 e. The standard InChI is InChI=1S/C24H24N4O3S/c1-2-31-24(30)21-20(19(14-25)22(26)32-21)15-27-10-12-28(13-11-27)23(29)18-9-5-7-16-6-3-4-8-17(16)18/h3-9H,2,10-13,15,26H2,1H3. The van der Waals surface area contributed by atoms with Crippen molar-refractivity contribution in [3.8, 4) is 6.07 Å². The first-order valence-electron chi connectivity index (χ1n) is 10.5. The molecule has 2 heterocycles. The average molecular weight is 449 g/mol. The van der Waals surface area contributed by atoms with Gasteiger partial charge in [-0.25, -0.2) is 4.79 Å². The van der Waals surface area contributed by atoms with Gasteiger partial charge in [-0.2, -0.15) is 5.26 Å². The molecule has 3 aromatic rings. The molecule has 0 spiro atoms. The molecule has 0 unspecified atom stereocenters. The van der Waals surface area contributed by atoms with Crippen LogP contribution in [0.5, 0.6) is 0 Å². The Balaban J connectivity index is 1.47. The summed E-state index contributed by atoms with van der Waals surface area (Å²) in [5.74, 6) is -0.434. The van der Waals surface area contributed by atoms with Gasteiger partial charge in [0.15, 0.2) is 0 Å². The fourth-order valence-corrected chi connectivity index (χ4v) is 4.96. The molecule has 1 aliphatic heterocycles. The van der Waals surface area contributed by atoms with E-state index < -0.39 is 5.97 Å². The molecule has 4 rings (SSSR count). The number of thiophene rings is 1. The maximum Gasteiger partial charge on any atom is 0.348 e. The van der Waals surface area contributed by atoms with Gasteiger partial charge in [-0.15, -0.1) is 11.3 Å². The minimum absolute atomic E-state index is 0.0196. The molecule has 0 radical (unpaired) electrons. The van der Waals surface area contributed by atoms with Gasteiger partial charge >= 0.3 is 5.97 Å². The largest absolute Gasteiger partial charge is 0.462 e. The summed E-state index contributed by atoms with van der Waals surface area (Å²) in [4.78, 5) is 29.9. The Morgan fingerprint density at radius 2 is 1.84 bits per heavy atom. The van der Waals surface area contributed by atoms with Gasteiger partial charge in [-0.05, 0) is 23.8 Å². The number of carbonyl (C=O) groups excluding carboxylic acids is 2. The van der Waals surface area contributed by atoms with E-state index in [1.54, 1.807) is 6.92 Å². The number of benzene rings is 2. The van der Waals surface area contributed by atoms with Crippen LogP contribution in [-0.4, -0.2) is 54.5 Å². The van der Waals surface area contributed by atoms with Crippen LogP contribution in [0.2, 0.25) is 0 Å². The molecule has 0 saturated carbocycles. The summed E-state index contributed by atoms with van der Waals surface area (Å²) in [7, 11) is 0. The highest BCUT2D eigenvalue weighted by atomic mass is 32.1. The van der Waals surface area contributed by atoms with E-state index in [0.717, 1.165) is 22.1 Å². The molecule has 2 aromatic carbocycles. The zero-order valence-electron chi connectivity index (χ0n) is 17.8. The van der Waals surface area contributed by atoms with Crippen LogP contribution in [0.1, 0.15) is 38.1 Å². The summed E-state index contributed by atoms with van der Waals surface area (Å²) in [5, 5.41) is 11.9. The smallest absolute Gasteiger partial charge is 0.348 e. The lowest BCUT2D eigenvalue weighted by Crippen LogP contribution is -2.48. The molecule has 8 heteroatoms. The third-order valence-electron chi connectivity index (χ3n) is 5.67. The fraction of sp³-hybridized carbons (Fsp3) is 0.292. The number of anilines is 1. The molecule has 0 aliphatic carbocycles. The number of piperazine rings is 1. The van der Waals surface area contributed by atoms with Gasteiger partial charge in [0.05, 0.1) is 12.2 Å². The molecule has 1 fully saturated rings. The summed E-state index contributed by atoms with van der Waals surface area (Å²) in [5.41, 5.74) is 7.64. The van der Waals surface area contributed by atoms with E-state index in [0.29, 0.717) is 59.3 Å². The van der Waals surface area contributed by atoms with Crippen molar-refractivity contribution in [3.05, 3.63) is 64.0 Å². The molecule has 1 saturated heterocycles. The topological polar surface area (TPSA) is 99.7 Å². The van der Waals surface area contributed by atoms with Gasteiger partial charge in [0.25, 0.3) is 5.91 Å². The van der Waals surface area contributed by atoms with Gasteiger partial charge in [-0.1, -0.05) is 36.4 Å². The van der Waals surface area contributed by atoms with Crippen LogP contribution in [0.3, 0.4) is 0 Å². The SMILES string of the molecule is CCOC(=O)c1sc(N)c(C#N)c1CN1CCN(C(=O)c2cccc3ccccc23)CC1. The Bertz CT molecular complexity index is 1200. The van der Waals surface area contributed by atoms with Crippen LogP contribution < -0.4 is 5.73 Å². The number of ether oxygens (including phenoxy) is 1. The van der Waals surface area contributed by atoms with Gasteiger partial charge in [0.1, 0.15) is 15.9 Å². The summed E-state index contributed by atoms with van der Waals surface area (Å²) in [6.45, 7) is 4.83. The van der Waals surface area contributed by atoms with Crippen molar-refractivity contribution in [2.24, 2.45) is 0 Å². The molecule has 7 nitrogen and oxygen atoms in total. The van der Waals surface area contributed by atoms with E-state index in [2.05, 4.69) is 11.0 Å². The quantitative estimate of drug-likeness (QED) is 0.600. The molecular weight excluding hydrogens is 424 g/mol. The molecule has 1 amide bonds. The molecule has 1 aliphatic rings. The van der Waals surface area contributed by atoms with Crippen molar-refractivity contribution in [2.45, 2.75) is 13.5 Å². The second-order valence-corrected chi connectivity index (χ2v) is 8.63. The number of hydrogen-bond donors (Lipinski definition) is 1. The van der Waals surface area contributed by atoms with Crippen molar-refractivity contribution in [1.82, 2.24) is 9.80 Å². The third kappa shape index (κ3) is 4.17. The van der Waals surface area contributed by atoms with Crippen molar-refractivity contribution >= 4 is 39.0 Å². The number of fused-ring (bicyclic) bond motifs is 1. The maximum atomic E-state index is 13.2. The molecule has 164 valence electrons. The van der Waals surface area contributed by atoms with Crippen LogP contribution in [0.4, 0.5) is 5.00 Å². The van der Waals surface area contributed by atoms with Crippen LogP contribution in [0.25, 0.3) is 10.8 Å². The number of esters is 1. The number of nitrogen functional groups attached to an aromatic ring is 1. The lowest BCUT2D eigenvalue weighted by molar-refractivity contribution is 0.0529. The third-order valence-corrected chi connectivity index (χ3v) is 6.71. The van der Waals surface area contributed by atoms with Crippen LogP contribution in [-0.2, 0) is 11.3 Å². The molecular formula is C24H24N4O3S. The van der Waals surface area contributed by atoms with E-state index in [1.807, 2.05) is 47.4 Å².